The van der Waals surface area contributed by atoms with E-state index in [1.165, 1.54) is 0 Å². The Balaban J connectivity index is 1.27. The number of imidazole rings is 1. The highest BCUT2D eigenvalue weighted by Crippen LogP contribution is 2.52. The molecule has 0 radical (unpaired) electrons. The van der Waals surface area contributed by atoms with E-state index in [0.717, 1.165) is 5.75 Å². The number of rotatable bonds is 7. The summed E-state index contributed by atoms with van der Waals surface area (Å²) in [5.74, 6) is 0.342. The van der Waals surface area contributed by atoms with Crippen LogP contribution in [0.5, 0.6) is 5.75 Å². The number of ether oxygens (including phenoxy) is 2. The Morgan fingerprint density at radius 2 is 2.23 bits per heavy atom. The van der Waals surface area contributed by atoms with Crippen LogP contribution in [0.15, 0.2) is 54.9 Å². The molecule has 2 saturated heterocycles. The molecule has 30 heavy (non-hydrogen) atoms. The summed E-state index contributed by atoms with van der Waals surface area (Å²) in [4.78, 5) is 37.0. The second-order valence-corrected chi connectivity index (χ2v) is 8.05. The van der Waals surface area contributed by atoms with Crippen LogP contribution in [0.25, 0.3) is 0 Å². The third-order valence-electron chi connectivity index (χ3n) is 6.16. The first kappa shape index (κ1) is 18.9. The molecular weight excluding hydrogens is 384 g/mol. The van der Waals surface area contributed by atoms with E-state index in [4.69, 9.17) is 9.47 Å². The number of nitrogens with zero attached hydrogens (tertiary/aromatic N) is 3. The predicted molar refractivity (Wildman–Crippen MR) is 107 cm³/mol. The number of para-hydroxylation sites is 1. The van der Waals surface area contributed by atoms with Crippen LogP contribution in [0.4, 0.5) is 0 Å². The van der Waals surface area contributed by atoms with Crippen LogP contribution in [0.1, 0.15) is 5.82 Å². The maximum Gasteiger partial charge on any atom is 0.230 e. The largest absolute Gasteiger partial charge is 0.492 e. The van der Waals surface area contributed by atoms with Crippen LogP contribution in [0, 0.1) is 11.8 Å². The molecule has 3 aliphatic heterocycles. The molecule has 2 aromatic rings. The third kappa shape index (κ3) is 3.08. The molecule has 5 rings (SSSR count). The Morgan fingerprint density at radius 3 is 3.00 bits per heavy atom. The number of hydrogen-bond donors (Lipinski definition) is 1. The van der Waals surface area contributed by atoms with Gasteiger partial charge >= 0.3 is 0 Å². The van der Waals surface area contributed by atoms with Crippen molar-refractivity contribution in [3.63, 3.8) is 0 Å². The number of amides is 2. The first-order valence-electron chi connectivity index (χ1n) is 10.1. The lowest BCUT2D eigenvalue weighted by atomic mass is 9.76. The number of carbonyl (C=O) groups excluding carboxylic acids is 2. The normalized spacial score (nSPS) is 28.8. The molecule has 3 aliphatic rings. The molecule has 4 atom stereocenters. The minimum absolute atomic E-state index is 0.0386. The zero-order valence-electron chi connectivity index (χ0n) is 16.7. The molecule has 0 saturated carbocycles. The summed E-state index contributed by atoms with van der Waals surface area (Å²) in [7, 11) is 1.73. The number of aromatic nitrogens is 2. The number of H-pyrrole nitrogens is 1. The highest BCUT2D eigenvalue weighted by molar-refractivity contribution is 5.93. The highest BCUT2D eigenvalue weighted by atomic mass is 16.5. The quantitative estimate of drug-likeness (QED) is 0.697. The van der Waals surface area contributed by atoms with E-state index in [0.29, 0.717) is 32.1 Å². The Hall–Kier alpha value is -3.13. The molecule has 1 N–H and O–H groups in total. The summed E-state index contributed by atoms with van der Waals surface area (Å²) >= 11 is 0. The molecule has 2 fully saturated rings. The number of carbonyl (C=O) groups is 2. The zero-order chi connectivity index (χ0) is 20.7. The smallest absolute Gasteiger partial charge is 0.230 e. The molecule has 2 amide bonds. The molecule has 4 heterocycles. The van der Waals surface area contributed by atoms with Crippen molar-refractivity contribution in [1.82, 2.24) is 19.8 Å². The lowest BCUT2D eigenvalue weighted by Crippen LogP contribution is -2.44. The van der Waals surface area contributed by atoms with Gasteiger partial charge in [0, 0.05) is 19.4 Å². The van der Waals surface area contributed by atoms with Crippen LogP contribution in [-0.2, 0) is 20.9 Å². The third-order valence-corrected chi connectivity index (χ3v) is 6.16. The number of benzene rings is 1. The Labute approximate surface area is 174 Å². The first-order valence-corrected chi connectivity index (χ1v) is 10.1. The predicted octanol–water partition coefficient (Wildman–Crippen LogP) is 1.23. The van der Waals surface area contributed by atoms with Crippen LogP contribution in [0.3, 0.4) is 0 Å². The van der Waals surface area contributed by atoms with Gasteiger partial charge in [-0.15, -0.1) is 0 Å². The van der Waals surface area contributed by atoms with Gasteiger partial charge in [0.2, 0.25) is 11.8 Å². The van der Waals surface area contributed by atoms with Crippen molar-refractivity contribution >= 4 is 11.8 Å². The van der Waals surface area contributed by atoms with Crippen LogP contribution in [0.2, 0.25) is 0 Å². The van der Waals surface area contributed by atoms with Gasteiger partial charge in [-0.2, -0.15) is 0 Å². The first-order chi connectivity index (χ1) is 14.6. The van der Waals surface area contributed by atoms with Gasteiger partial charge in [0.15, 0.2) is 0 Å². The Bertz CT molecular complexity index is 961. The minimum atomic E-state index is -0.708. The molecule has 1 aromatic carbocycles. The van der Waals surface area contributed by atoms with Gasteiger partial charge in [-0.1, -0.05) is 30.4 Å². The Morgan fingerprint density at radius 1 is 1.40 bits per heavy atom. The second-order valence-electron chi connectivity index (χ2n) is 8.05. The average Bonchev–Trinajstić information content (AvgIpc) is 3.51. The van der Waals surface area contributed by atoms with Crippen molar-refractivity contribution in [1.29, 1.82) is 0 Å². The van der Waals surface area contributed by atoms with Gasteiger partial charge in [0.1, 0.15) is 23.8 Å². The van der Waals surface area contributed by atoms with E-state index in [-0.39, 0.29) is 17.9 Å². The molecule has 2 bridgehead atoms. The van der Waals surface area contributed by atoms with Crippen molar-refractivity contribution < 1.29 is 19.1 Å². The molecular formula is C22H24N4O4. The molecule has 8 nitrogen and oxygen atoms in total. The van der Waals surface area contributed by atoms with Crippen molar-refractivity contribution in [3.05, 3.63) is 60.7 Å². The second kappa shape index (κ2) is 7.28. The van der Waals surface area contributed by atoms with Gasteiger partial charge in [-0.05, 0) is 12.1 Å². The van der Waals surface area contributed by atoms with Crippen molar-refractivity contribution in [2.75, 3.05) is 26.7 Å². The summed E-state index contributed by atoms with van der Waals surface area (Å²) in [6, 6.07) is 9.52. The molecule has 1 aromatic heterocycles. The summed E-state index contributed by atoms with van der Waals surface area (Å²) in [5, 5.41) is 0. The maximum absolute atomic E-state index is 13.2. The number of hydrogen-bond acceptors (Lipinski definition) is 5. The molecule has 0 aliphatic carbocycles. The molecule has 156 valence electrons. The maximum atomic E-state index is 13.2. The topological polar surface area (TPSA) is 87.8 Å². The summed E-state index contributed by atoms with van der Waals surface area (Å²) in [5.41, 5.74) is -0.708. The SMILES string of the molecule is CN(Cc1ncc[nH]1)C(=O)[C@H]1[C@@H]2C=C[C@@]3(CN(CCOc4ccccc4)C(=O)[C@@H]13)O2. The van der Waals surface area contributed by atoms with Crippen LogP contribution >= 0.6 is 0 Å². The molecule has 8 heteroatoms. The monoisotopic (exact) mass is 408 g/mol. The number of nitrogens with one attached hydrogen (secondary N) is 1. The van der Waals surface area contributed by atoms with E-state index in [9.17, 15) is 9.59 Å². The standard InChI is InChI=1S/C22H24N4O4/c1-25(13-17-23-9-10-24-17)20(27)18-16-7-8-22(30-16)14-26(21(28)19(18)22)11-12-29-15-5-3-2-4-6-15/h2-10,16,18-19H,11-14H2,1H3,(H,23,24)/t16-,18-,19+,22-/m0/s1. The van der Waals surface area contributed by atoms with Gasteiger partial charge in [-0.3, -0.25) is 9.59 Å². The van der Waals surface area contributed by atoms with Crippen molar-refractivity contribution in [2.45, 2.75) is 18.2 Å². The van der Waals surface area contributed by atoms with E-state index < -0.39 is 17.4 Å². The van der Waals surface area contributed by atoms with Crippen LogP contribution < -0.4 is 4.74 Å². The van der Waals surface area contributed by atoms with Gasteiger partial charge < -0.3 is 24.3 Å². The van der Waals surface area contributed by atoms with Crippen molar-refractivity contribution in [3.8, 4) is 5.75 Å². The Kier molecular flexibility index (Phi) is 4.58. The van der Waals surface area contributed by atoms with E-state index in [1.54, 1.807) is 29.2 Å². The lowest BCUT2D eigenvalue weighted by molar-refractivity contribution is -0.142. The number of aromatic amines is 1. The summed E-state index contributed by atoms with van der Waals surface area (Å²) < 4.78 is 11.9. The van der Waals surface area contributed by atoms with Gasteiger partial charge in [-0.25, -0.2) is 4.98 Å². The van der Waals surface area contributed by atoms with Gasteiger partial charge in [0.25, 0.3) is 0 Å². The van der Waals surface area contributed by atoms with Crippen molar-refractivity contribution in [2.24, 2.45) is 11.8 Å². The molecule has 1 spiro atoms. The average molecular weight is 408 g/mol. The van der Waals surface area contributed by atoms with E-state index in [2.05, 4.69) is 9.97 Å². The lowest BCUT2D eigenvalue weighted by Gasteiger charge is -2.27. The number of fused-ring (bicyclic) bond motifs is 1. The minimum Gasteiger partial charge on any atom is -0.492 e. The van der Waals surface area contributed by atoms with E-state index >= 15 is 0 Å². The van der Waals surface area contributed by atoms with Gasteiger partial charge in [0.05, 0.1) is 37.6 Å². The molecule has 0 unspecified atom stereocenters. The number of likely N-dealkylation sites (tertiary alicyclic amines) is 1. The summed E-state index contributed by atoms with van der Waals surface area (Å²) in [6.45, 7) is 1.66. The van der Waals surface area contributed by atoms with E-state index in [1.807, 2.05) is 42.5 Å². The summed E-state index contributed by atoms with van der Waals surface area (Å²) in [6.07, 6.45) is 6.92. The zero-order valence-corrected chi connectivity index (χ0v) is 16.7. The highest BCUT2D eigenvalue weighted by Gasteiger charge is 2.67. The van der Waals surface area contributed by atoms with Crippen LogP contribution in [-0.4, -0.2) is 70.0 Å². The fourth-order valence-corrected chi connectivity index (χ4v) is 4.78. The fraction of sp³-hybridized carbons (Fsp3) is 0.409. The fourth-order valence-electron chi connectivity index (χ4n) is 4.78.